The summed E-state index contributed by atoms with van der Waals surface area (Å²) in [7, 11) is 2.58. The van der Waals surface area contributed by atoms with Crippen molar-refractivity contribution in [2.24, 2.45) is 0 Å². The molecule has 0 aliphatic heterocycles. The number of rotatable bonds is 0. The molecule has 38 valence electrons. The van der Waals surface area contributed by atoms with Gasteiger partial charge < -0.3 is 5.11 Å². The van der Waals surface area contributed by atoms with Gasteiger partial charge in [0.2, 0.25) is 0 Å². The van der Waals surface area contributed by atoms with Crippen molar-refractivity contribution in [3.8, 4) is 0 Å². The van der Waals surface area contributed by atoms with Gasteiger partial charge in [-0.05, 0) is 6.16 Å². The van der Waals surface area contributed by atoms with Crippen LogP contribution in [-0.2, 0) is 4.79 Å². The SMILES string of the molecule is CCP.O=CO. The number of hydrogen-bond donors (Lipinski definition) is 1. The Labute approximate surface area is 39.8 Å². The van der Waals surface area contributed by atoms with Crippen LogP contribution >= 0.6 is 9.24 Å². The van der Waals surface area contributed by atoms with E-state index in [1.165, 1.54) is 6.16 Å². The fourth-order valence-electron chi connectivity index (χ4n) is 0. The highest BCUT2D eigenvalue weighted by Crippen LogP contribution is 1.68. The minimum Gasteiger partial charge on any atom is -0.483 e. The van der Waals surface area contributed by atoms with Crippen molar-refractivity contribution in [1.29, 1.82) is 0 Å². The van der Waals surface area contributed by atoms with Crippen molar-refractivity contribution >= 4 is 15.7 Å². The largest absolute Gasteiger partial charge is 0.483 e. The highest BCUT2D eigenvalue weighted by atomic mass is 31.0. The molecule has 0 heterocycles. The maximum absolute atomic E-state index is 8.36. The van der Waals surface area contributed by atoms with Gasteiger partial charge in [0.05, 0.1) is 0 Å². The Morgan fingerprint density at radius 2 is 2.00 bits per heavy atom. The molecule has 0 aromatic rings. The van der Waals surface area contributed by atoms with Crippen molar-refractivity contribution in [2.75, 3.05) is 6.16 Å². The van der Waals surface area contributed by atoms with E-state index in [0.717, 1.165) is 0 Å². The van der Waals surface area contributed by atoms with E-state index in [1.54, 1.807) is 0 Å². The molecule has 0 fully saturated rings. The third-order valence-corrected chi connectivity index (χ3v) is 0. The molecular weight excluding hydrogens is 99.0 g/mol. The van der Waals surface area contributed by atoms with Crippen LogP contribution in [0.2, 0.25) is 0 Å². The summed E-state index contributed by atoms with van der Waals surface area (Å²) in [5.41, 5.74) is 0. The van der Waals surface area contributed by atoms with Crippen LogP contribution in [0.25, 0.3) is 0 Å². The molecule has 0 aliphatic rings. The van der Waals surface area contributed by atoms with E-state index in [9.17, 15) is 0 Å². The summed E-state index contributed by atoms with van der Waals surface area (Å²) >= 11 is 0. The average molecular weight is 108 g/mol. The maximum Gasteiger partial charge on any atom is 0.290 e. The minimum atomic E-state index is -0.250. The molecule has 0 amide bonds. The van der Waals surface area contributed by atoms with Crippen LogP contribution in [0.1, 0.15) is 6.92 Å². The van der Waals surface area contributed by atoms with Crippen LogP contribution in [0.3, 0.4) is 0 Å². The highest BCUT2D eigenvalue weighted by Gasteiger charge is 1.35. The Balaban J connectivity index is 0. The smallest absolute Gasteiger partial charge is 0.290 e. The quantitative estimate of drug-likeness (QED) is 0.364. The second kappa shape index (κ2) is 20.6. The lowest BCUT2D eigenvalue weighted by Gasteiger charge is -1.48. The molecule has 1 unspecified atom stereocenters. The van der Waals surface area contributed by atoms with Crippen molar-refractivity contribution in [3.05, 3.63) is 0 Å². The van der Waals surface area contributed by atoms with E-state index >= 15 is 0 Å². The Kier molecular flexibility index (Phi) is 32.0. The Morgan fingerprint density at radius 3 is 2.00 bits per heavy atom. The van der Waals surface area contributed by atoms with E-state index in [4.69, 9.17) is 9.90 Å². The zero-order chi connectivity index (χ0) is 5.41. The van der Waals surface area contributed by atoms with Crippen molar-refractivity contribution < 1.29 is 9.90 Å². The first kappa shape index (κ1) is 9.31. The summed E-state index contributed by atoms with van der Waals surface area (Å²) in [5.74, 6) is 0. The molecule has 6 heavy (non-hydrogen) atoms. The van der Waals surface area contributed by atoms with Gasteiger partial charge >= 0.3 is 0 Å². The maximum atomic E-state index is 8.36. The molecule has 0 bridgehead atoms. The summed E-state index contributed by atoms with van der Waals surface area (Å²) < 4.78 is 0. The molecule has 0 aliphatic carbocycles. The molecule has 0 saturated heterocycles. The van der Waals surface area contributed by atoms with Gasteiger partial charge in [-0.1, -0.05) is 6.92 Å². The fraction of sp³-hybridized carbons (Fsp3) is 0.667. The fourth-order valence-corrected chi connectivity index (χ4v) is 0. The summed E-state index contributed by atoms with van der Waals surface area (Å²) in [6, 6.07) is 0. The zero-order valence-corrected chi connectivity index (χ0v) is 4.87. The summed E-state index contributed by atoms with van der Waals surface area (Å²) in [6.45, 7) is 1.84. The van der Waals surface area contributed by atoms with E-state index in [2.05, 4.69) is 16.2 Å². The first-order valence-corrected chi connectivity index (χ1v) is 2.43. The molecule has 0 saturated carbocycles. The van der Waals surface area contributed by atoms with Gasteiger partial charge in [-0.25, -0.2) is 0 Å². The number of carboxylic acid groups (broad SMARTS) is 1. The van der Waals surface area contributed by atoms with Gasteiger partial charge in [-0.2, -0.15) is 0 Å². The van der Waals surface area contributed by atoms with Crippen molar-refractivity contribution in [3.63, 3.8) is 0 Å². The van der Waals surface area contributed by atoms with Crippen LogP contribution in [0.5, 0.6) is 0 Å². The Morgan fingerprint density at radius 1 is 2.00 bits per heavy atom. The van der Waals surface area contributed by atoms with Crippen LogP contribution in [0, 0.1) is 0 Å². The van der Waals surface area contributed by atoms with Gasteiger partial charge in [0, 0.05) is 0 Å². The Hall–Kier alpha value is -0.100. The minimum absolute atomic E-state index is 0.250. The molecule has 3 heteroatoms. The zero-order valence-electron chi connectivity index (χ0n) is 3.72. The monoisotopic (exact) mass is 108 g/mol. The van der Waals surface area contributed by atoms with E-state index in [0.29, 0.717) is 0 Å². The second-order valence-electron chi connectivity index (χ2n) is 0.514. The van der Waals surface area contributed by atoms with Gasteiger partial charge in [-0.15, -0.1) is 9.24 Å². The third kappa shape index (κ3) is 3280. The summed E-state index contributed by atoms with van der Waals surface area (Å²) in [6.07, 6.45) is 1.17. The van der Waals surface area contributed by atoms with E-state index < -0.39 is 0 Å². The first-order chi connectivity index (χ1) is 2.83. The molecule has 0 rings (SSSR count). The van der Waals surface area contributed by atoms with Gasteiger partial charge in [0.1, 0.15) is 0 Å². The molecular formula is C3H9O2P. The van der Waals surface area contributed by atoms with Crippen LogP contribution in [0.15, 0.2) is 0 Å². The lowest BCUT2D eigenvalue weighted by molar-refractivity contribution is -0.122. The number of hydrogen-bond acceptors (Lipinski definition) is 1. The van der Waals surface area contributed by atoms with Crippen molar-refractivity contribution in [1.82, 2.24) is 0 Å². The summed E-state index contributed by atoms with van der Waals surface area (Å²) in [5, 5.41) is 6.89. The van der Waals surface area contributed by atoms with Gasteiger partial charge in [0.15, 0.2) is 0 Å². The predicted octanol–water partition coefficient (Wildman–Crippen LogP) is 0.582. The molecule has 0 spiro atoms. The molecule has 0 radical (unpaired) electrons. The van der Waals surface area contributed by atoms with Crippen LogP contribution < -0.4 is 0 Å². The Bertz CT molecular complexity index is 22.8. The van der Waals surface area contributed by atoms with Gasteiger partial charge in [0.25, 0.3) is 6.47 Å². The lowest BCUT2D eigenvalue weighted by Crippen LogP contribution is -1.49. The first-order valence-electron chi connectivity index (χ1n) is 1.61. The van der Waals surface area contributed by atoms with E-state index in [-0.39, 0.29) is 6.47 Å². The molecule has 2 nitrogen and oxygen atoms in total. The number of carbonyl (C=O) groups is 1. The molecule has 0 aromatic heterocycles. The third-order valence-electron chi connectivity index (χ3n) is 0. The van der Waals surface area contributed by atoms with Crippen molar-refractivity contribution in [2.45, 2.75) is 6.92 Å². The summed E-state index contributed by atoms with van der Waals surface area (Å²) in [4.78, 5) is 8.36. The van der Waals surface area contributed by atoms with Crippen LogP contribution in [-0.4, -0.2) is 17.7 Å². The predicted molar refractivity (Wildman–Crippen MR) is 28.9 cm³/mol. The lowest BCUT2D eigenvalue weighted by atomic mass is 11.0. The second-order valence-corrected chi connectivity index (χ2v) is 1.33. The topological polar surface area (TPSA) is 37.3 Å². The highest BCUT2D eigenvalue weighted by molar-refractivity contribution is 7.16. The molecule has 0 aromatic carbocycles. The van der Waals surface area contributed by atoms with Gasteiger partial charge in [-0.3, -0.25) is 4.79 Å². The van der Waals surface area contributed by atoms with Crippen LogP contribution in [0.4, 0.5) is 0 Å². The average Bonchev–Trinajstić information content (AvgIpc) is 1.39. The standard InChI is InChI=1S/C2H7P.CH2O2/c1-2-3;2-1-3/h2-3H2,1H3;1H,(H,2,3). The van der Waals surface area contributed by atoms with E-state index in [1.807, 2.05) is 0 Å². The molecule has 1 atom stereocenters. The normalized spacial score (nSPS) is 5.00. The molecule has 1 N–H and O–H groups in total.